The molecule has 0 bridgehead atoms. The quantitative estimate of drug-likeness (QED) is 0.725. The van der Waals surface area contributed by atoms with Gasteiger partial charge in [0.15, 0.2) is 5.69 Å². The number of carbonyl (C=O) groups excluding carboxylic acids is 2. The van der Waals surface area contributed by atoms with Crippen molar-refractivity contribution in [2.45, 2.75) is 39.7 Å². The van der Waals surface area contributed by atoms with Gasteiger partial charge in [-0.05, 0) is 39.3 Å². The summed E-state index contributed by atoms with van der Waals surface area (Å²) in [5.74, 6) is -0.0440. The highest BCUT2D eigenvalue weighted by Gasteiger charge is 2.15. The van der Waals surface area contributed by atoms with Crippen LogP contribution in [0.4, 0.5) is 5.82 Å². The number of carbonyl (C=O) groups is 2. The molecule has 2 amide bonds. The second kappa shape index (κ2) is 7.56. The third-order valence-electron chi connectivity index (χ3n) is 2.38. The Balaban J connectivity index is 2.47. The molecule has 21 heavy (non-hydrogen) atoms. The van der Waals surface area contributed by atoms with Crippen molar-refractivity contribution < 1.29 is 9.59 Å². The molecule has 3 N–H and O–H groups in total. The number of anilines is 1. The van der Waals surface area contributed by atoms with Crippen molar-refractivity contribution in [1.29, 1.82) is 0 Å². The molecule has 0 saturated carbocycles. The molecule has 0 aliphatic rings. The Kier molecular flexibility index (Phi) is 6.08. The Labute approximate surface area is 124 Å². The van der Waals surface area contributed by atoms with E-state index in [0.29, 0.717) is 5.82 Å². The van der Waals surface area contributed by atoms with Crippen LogP contribution in [0.3, 0.4) is 0 Å². The SMILES string of the molecule is CCCNc1ccc(C(=O)NCC(=O)NC(C)(C)C)nn1. The molecule has 1 aromatic heterocycles. The summed E-state index contributed by atoms with van der Waals surface area (Å²) in [5.41, 5.74) is -0.144. The maximum absolute atomic E-state index is 11.8. The molecule has 0 unspecified atom stereocenters. The lowest BCUT2D eigenvalue weighted by atomic mass is 10.1. The minimum Gasteiger partial charge on any atom is -0.369 e. The summed E-state index contributed by atoms with van der Waals surface area (Å²) in [6.07, 6.45) is 0.979. The van der Waals surface area contributed by atoms with Crippen molar-refractivity contribution in [3.63, 3.8) is 0 Å². The van der Waals surface area contributed by atoms with Crippen LogP contribution in [0, 0.1) is 0 Å². The van der Waals surface area contributed by atoms with Crippen LogP contribution >= 0.6 is 0 Å². The Morgan fingerprint density at radius 2 is 1.90 bits per heavy atom. The standard InChI is InChI=1S/C14H23N5O2/c1-5-8-15-11-7-6-10(18-19-11)13(21)16-9-12(20)17-14(2,3)4/h6-7H,5,8-9H2,1-4H3,(H,15,19)(H,16,21)(H,17,20). The maximum Gasteiger partial charge on any atom is 0.272 e. The van der Waals surface area contributed by atoms with Crippen LogP contribution in [-0.2, 0) is 4.79 Å². The third-order valence-corrected chi connectivity index (χ3v) is 2.38. The van der Waals surface area contributed by atoms with Gasteiger partial charge < -0.3 is 16.0 Å². The van der Waals surface area contributed by atoms with Gasteiger partial charge in [-0.3, -0.25) is 9.59 Å². The monoisotopic (exact) mass is 293 g/mol. The molecule has 7 nitrogen and oxygen atoms in total. The molecule has 0 aromatic carbocycles. The average molecular weight is 293 g/mol. The summed E-state index contributed by atoms with van der Waals surface area (Å²) < 4.78 is 0. The highest BCUT2D eigenvalue weighted by atomic mass is 16.2. The predicted molar refractivity (Wildman–Crippen MR) is 81.0 cm³/mol. The Morgan fingerprint density at radius 1 is 1.19 bits per heavy atom. The van der Waals surface area contributed by atoms with Gasteiger partial charge in [-0.25, -0.2) is 0 Å². The fourth-order valence-electron chi connectivity index (χ4n) is 1.51. The van der Waals surface area contributed by atoms with E-state index in [-0.39, 0.29) is 23.7 Å². The van der Waals surface area contributed by atoms with Crippen LogP contribution in [0.1, 0.15) is 44.6 Å². The number of hydrogen-bond acceptors (Lipinski definition) is 5. The fourth-order valence-corrected chi connectivity index (χ4v) is 1.51. The smallest absolute Gasteiger partial charge is 0.272 e. The van der Waals surface area contributed by atoms with Crippen LogP contribution in [0.15, 0.2) is 12.1 Å². The normalized spacial score (nSPS) is 10.9. The molecule has 0 radical (unpaired) electrons. The van der Waals surface area contributed by atoms with E-state index in [4.69, 9.17) is 0 Å². The van der Waals surface area contributed by atoms with Crippen molar-refractivity contribution >= 4 is 17.6 Å². The Bertz CT molecular complexity index is 479. The van der Waals surface area contributed by atoms with Crippen LogP contribution in [0.2, 0.25) is 0 Å². The molecule has 0 atom stereocenters. The molecule has 1 heterocycles. The third kappa shape index (κ3) is 6.69. The molecular formula is C14H23N5O2. The van der Waals surface area contributed by atoms with E-state index in [1.165, 1.54) is 0 Å². The second-order valence-electron chi connectivity index (χ2n) is 5.71. The van der Waals surface area contributed by atoms with Gasteiger partial charge in [-0.1, -0.05) is 6.92 Å². The lowest BCUT2D eigenvalue weighted by molar-refractivity contribution is -0.121. The predicted octanol–water partition coefficient (Wildman–Crippen LogP) is 0.943. The van der Waals surface area contributed by atoms with Crippen LogP contribution in [-0.4, -0.2) is 40.6 Å². The number of aromatic nitrogens is 2. The van der Waals surface area contributed by atoms with Gasteiger partial charge >= 0.3 is 0 Å². The summed E-state index contributed by atoms with van der Waals surface area (Å²) in [6, 6.07) is 3.26. The van der Waals surface area contributed by atoms with Gasteiger partial charge in [0.1, 0.15) is 5.82 Å². The van der Waals surface area contributed by atoms with Gasteiger partial charge in [-0.15, -0.1) is 10.2 Å². The van der Waals surface area contributed by atoms with E-state index in [1.807, 2.05) is 27.7 Å². The van der Waals surface area contributed by atoms with Crippen molar-refractivity contribution in [2.24, 2.45) is 0 Å². The van der Waals surface area contributed by atoms with E-state index in [1.54, 1.807) is 12.1 Å². The molecule has 116 valence electrons. The molecule has 0 aliphatic carbocycles. The van der Waals surface area contributed by atoms with Crippen molar-refractivity contribution in [3.8, 4) is 0 Å². The summed E-state index contributed by atoms with van der Waals surface area (Å²) in [7, 11) is 0. The minimum atomic E-state index is -0.423. The minimum absolute atomic E-state index is 0.0897. The highest BCUT2D eigenvalue weighted by Crippen LogP contribution is 2.02. The van der Waals surface area contributed by atoms with E-state index in [0.717, 1.165) is 13.0 Å². The molecule has 0 fully saturated rings. The molecule has 1 rings (SSSR count). The van der Waals surface area contributed by atoms with Gasteiger partial charge in [0.2, 0.25) is 5.91 Å². The summed E-state index contributed by atoms with van der Waals surface area (Å²) in [6.45, 7) is 8.38. The van der Waals surface area contributed by atoms with E-state index in [9.17, 15) is 9.59 Å². The Morgan fingerprint density at radius 3 is 2.43 bits per heavy atom. The fraction of sp³-hybridized carbons (Fsp3) is 0.571. The first kappa shape index (κ1) is 16.9. The van der Waals surface area contributed by atoms with Crippen LogP contribution in [0.25, 0.3) is 0 Å². The van der Waals surface area contributed by atoms with Gasteiger partial charge in [0, 0.05) is 12.1 Å². The summed E-state index contributed by atoms with van der Waals surface area (Å²) >= 11 is 0. The number of amides is 2. The van der Waals surface area contributed by atoms with Crippen molar-refractivity contribution in [2.75, 3.05) is 18.4 Å². The van der Waals surface area contributed by atoms with Crippen molar-refractivity contribution in [1.82, 2.24) is 20.8 Å². The van der Waals surface area contributed by atoms with Crippen molar-refractivity contribution in [3.05, 3.63) is 17.8 Å². The zero-order chi connectivity index (χ0) is 15.9. The summed E-state index contributed by atoms with van der Waals surface area (Å²) in [5, 5.41) is 16.1. The number of nitrogens with one attached hydrogen (secondary N) is 3. The zero-order valence-electron chi connectivity index (χ0n) is 13.0. The average Bonchev–Trinajstić information content (AvgIpc) is 2.41. The lowest BCUT2D eigenvalue weighted by Gasteiger charge is -2.20. The molecule has 7 heteroatoms. The number of nitrogens with zero attached hydrogens (tertiary/aromatic N) is 2. The highest BCUT2D eigenvalue weighted by molar-refractivity contribution is 5.94. The van der Waals surface area contributed by atoms with Gasteiger partial charge in [0.25, 0.3) is 5.91 Å². The van der Waals surface area contributed by atoms with Gasteiger partial charge in [-0.2, -0.15) is 0 Å². The largest absolute Gasteiger partial charge is 0.369 e. The Hall–Kier alpha value is -2.18. The van der Waals surface area contributed by atoms with Crippen LogP contribution in [0.5, 0.6) is 0 Å². The molecule has 1 aromatic rings. The topological polar surface area (TPSA) is 96.0 Å². The molecule has 0 aliphatic heterocycles. The molecular weight excluding hydrogens is 270 g/mol. The second-order valence-corrected chi connectivity index (χ2v) is 5.71. The van der Waals surface area contributed by atoms with Gasteiger partial charge in [0.05, 0.1) is 6.54 Å². The van der Waals surface area contributed by atoms with E-state index < -0.39 is 5.91 Å². The van der Waals surface area contributed by atoms with Crippen LogP contribution < -0.4 is 16.0 Å². The number of rotatable bonds is 6. The molecule has 0 spiro atoms. The lowest BCUT2D eigenvalue weighted by Crippen LogP contribution is -2.45. The van der Waals surface area contributed by atoms with E-state index in [2.05, 4.69) is 26.1 Å². The zero-order valence-corrected chi connectivity index (χ0v) is 13.0. The first-order valence-electron chi connectivity index (χ1n) is 6.98. The first-order chi connectivity index (χ1) is 9.81. The first-order valence-corrected chi connectivity index (χ1v) is 6.98. The maximum atomic E-state index is 11.8. The number of hydrogen-bond donors (Lipinski definition) is 3. The van der Waals surface area contributed by atoms with E-state index >= 15 is 0 Å². The summed E-state index contributed by atoms with van der Waals surface area (Å²) in [4.78, 5) is 23.4. The molecule has 0 saturated heterocycles.